The minimum atomic E-state index is -4.83. The Bertz CT molecular complexity index is 709. The molecule has 0 aromatic heterocycles. The van der Waals surface area contributed by atoms with Crippen molar-refractivity contribution in [1.82, 2.24) is 0 Å². The summed E-state index contributed by atoms with van der Waals surface area (Å²) in [6.07, 6.45) is -4.18. The molecule has 0 aliphatic rings. The zero-order valence-electron chi connectivity index (χ0n) is 13.3. The Kier molecular flexibility index (Phi) is 5.49. The molecule has 2 rings (SSSR count). The van der Waals surface area contributed by atoms with Crippen molar-refractivity contribution in [3.8, 4) is 22.6 Å². The fourth-order valence-electron chi connectivity index (χ4n) is 2.12. The van der Waals surface area contributed by atoms with Crippen LogP contribution in [0.1, 0.15) is 24.2 Å². The maximum Gasteiger partial charge on any atom is 0.573 e. The molecule has 0 unspecified atom stereocenters. The van der Waals surface area contributed by atoms with Crippen molar-refractivity contribution >= 4 is 6.29 Å². The lowest BCUT2D eigenvalue weighted by Gasteiger charge is -2.16. The molecular formula is C18H17F3O3. The van der Waals surface area contributed by atoms with Gasteiger partial charge in [-0.3, -0.25) is 4.79 Å². The van der Waals surface area contributed by atoms with Gasteiger partial charge in [0.15, 0.2) is 17.8 Å². The van der Waals surface area contributed by atoms with Crippen LogP contribution in [0.2, 0.25) is 0 Å². The fraction of sp³-hybridized carbons (Fsp3) is 0.278. The number of aldehydes is 1. The lowest BCUT2D eigenvalue weighted by Crippen LogP contribution is -2.18. The number of carbonyl (C=O) groups is 1. The van der Waals surface area contributed by atoms with E-state index in [-0.39, 0.29) is 18.3 Å². The normalized spacial score (nSPS) is 11.4. The Morgan fingerprint density at radius 2 is 1.79 bits per heavy atom. The Balaban J connectivity index is 2.44. The third-order valence-electron chi connectivity index (χ3n) is 3.14. The molecule has 0 saturated heterocycles. The summed E-state index contributed by atoms with van der Waals surface area (Å²) in [5.74, 6) is -0.270. The maximum absolute atomic E-state index is 12.7. The van der Waals surface area contributed by atoms with Crippen LogP contribution >= 0.6 is 0 Å². The Morgan fingerprint density at radius 1 is 1.08 bits per heavy atom. The van der Waals surface area contributed by atoms with E-state index >= 15 is 0 Å². The second kappa shape index (κ2) is 7.38. The van der Waals surface area contributed by atoms with Crippen molar-refractivity contribution in [3.05, 3.63) is 48.0 Å². The third-order valence-corrected chi connectivity index (χ3v) is 3.14. The van der Waals surface area contributed by atoms with Gasteiger partial charge in [-0.2, -0.15) is 0 Å². The Labute approximate surface area is 138 Å². The molecule has 0 aliphatic heterocycles. The molecule has 0 atom stereocenters. The molecule has 0 spiro atoms. The van der Waals surface area contributed by atoms with E-state index in [2.05, 4.69) is 4.74 Å². The van der Waals surface area contributed by atoms with Gasteiger partial charge >= 0.3 is 6.36 Å². The van der Waals surface area contributed by atoms with E-state index < -0.39 is 12.1 Å². The van der Waals surface area contributed by atoms with Crippen LogP contribution in [0.5, 0.6) is 11.5 Å². The van der Waals surface area contributed by atoms with Crippen molar-refractivity contribution in [1.29, 1.82) is 0 Å². The van der Waals surface area contributed by atoms with Gasteiger partial charge in [0, 0.05) is 5.56 Å². The zero-order chi connectivity index (χ0) is 17.7. The van der Waals surface area contributed by atoms with Crippen molar-refractivity contribution < 1.29 is 27.4 Å². The molecule has 3 nitrogen and oxygen atoms in total. The molecule has 2 aromatic rings. The standard InChI is InChI=1S/C18H17F3O3/c1-12(2)11-23-16-8-7-13(9-17(16)24-18(19,20)21)15-6-4-3-5-14(15)10-22/h3-10,12H,11H2,1-2H3. The van der Waals surface area contributed by atoms with Gasteiger partial charge in [-0.15, -0.1) is 13.2 Å². The molecule has 0 saturated carbocycles. The minimum Gasteiger partial charge on any atom is -0.489 e. The molecular weight excluding hydrogens is 321 g/mol. The SMILES string of the molecule is CC(C)COc1ccc(-c2ccccc2C=O)cc1OC(F)(F)F. The highest BCUT2D eigenvalue weighted by Gasteiger charge is 2.32. The average molecular weight is 338 g/mol. The van der Waals surface area contributed by atoms with Gasteiger partial charge in [-0.25, -0.2) is 0 Å². The molecule has 24 heavy (non-hydrogen) atoms. The molecule has 6 heteroatoms. The third kappa shape index (κ3) is 4.75. The zero-order valence-corrected chi connectivity index (χ0v) is 13.3. The van der Waals surface area contributed by atoms with E-state index in [9.17, 15) is 18.0 Å². The monoisotopic (exact) mass is 338 g/mol. The summed E-state index contributed by atoms with van der Waals surface area (Å²) in [7, 11) is 0. The van der Waals surface area contributed by atoms with Crippen LogP contribution in [0.15, 0.2) is 42.5 Å². The molecule has 0 N–H and O–H groups in total. The summed E-state index contributed by atoms with van der Waals surface area (Å²) < 4.78 is 47.5. The highest BCUT2D eigenvalue weighted by Crippen LogP contribution is 2.37. The van der Waals surface area contributed by atoms with E-state index in [0.717, 1.165) is 0 Å². The summed E-state index contributed by atoms with van der Waals surface area (Å²) in [6, 6.07) is 10.9. The summed E-state index contributed by atoms with van der Waals surface area (Å²) in [5, 5.41) is 0. The lowest BCUT2D eigenvalue weighted by molar-refractivity contribution is -0.275. The van der Waals surface area contributed by atoms with Crippen molar-refractivity contribution in [2.75, 3.05) is 6.61 Å². The number of carbonyl (C=O) groups excluding carboxylic acids is 1. The fourth-order valence-corrected chi connectivity index (χ4v) is 2.12. The topological polar surface area (TPSA) is 35.5 Å². The largest absolute Gasteiger partial charge is 0.573 e. The van der Waals surface area contributed by atoms with E-state index in [1.54, 1.807) is 30.3 Å². The summed E-state index contributed by atoms with van der Waals surface area (Å²) in [6.45, 7) is 4.04. The summed E-state index contributed by atoms with van der Waals surface area (Å²) in [5.41, 5.74) is 1.34. The quantitative estimate of drug-likeness (QED) is 0.688. The van der Waals surface area contributed by atoms with Crippen LogP contribution in [0.3, 0.4) is 0 Å². The predicted molar refractivity (Wildman–Crippen MR) is 84.3 cm³/mol. The van der Waals surface area contributed by atoms with Gasteiger partial charge in [0.1, 0.15) is 0 Å². The number of alkyl halides is 3. The number of benzene rings is 2. The number of hydrogen-bond acceptors (Lipinski definition) is 3. The number of hydrogen-bond donors (Lipinski definition) is 0. The van der Waals surface area contributed by atoms with Crippen molar-refractivity contribution in [3.63, 3.8) is 0 Å². The first-order valence-corrected chi connectivity index (χ1v) is 7.37. The van der Waals surface area contributed by atoms with Gasteiger partial charge in [-0.1, -0.05) is 44.2 Å². The maximum atomic E-state index is 12.7. The molecule has 0 heterocycles. The molecule has 0 fully saturated rings. The van der Waals surface area contributed by atoms with Gasteiger partial charge in [0.2, 0.25) is 0 Å². The van der Waals surface area contributed by atoms with E-state index in [1.807, 2.05) is 13.8 Å². The highest BCUT2D eigenvalue weighted by molar-refractivity contribution is 5.87. The van der Waals surface area contributed by atoms with Crippen LogP contribution in [-0.2, 0) is 0 Å². The summed E-state index contributed by atoms with van der Waals surface area (Å²) >= 11 is 0. The van der Waals surface area contributed by atoms with Gasteiger partial charge in [-0.05, 0) is 29.2 Å². The van der Waals surface area contributed by atoms with Crippen LogP contribution in [-0.4, -0.2) is 19.3 Å². The molecule has 128 valence electrons. The second-order valence-corrected chi connectivity index (χ2v) is 5.62. The number of ether oxygens (including phenoxy) is 2. The van der Waals surface area contributed by atoms with Gasteiger partial charge in [0.05, 0.1) is 6.61 Å². The average Bonchev–Trinajstić information content (AvgIpc) is 2.52. The highest BCUT2D eigenvalue weighted by atomic mass is 19.4. The van der Waals surface area contributed by atoms with Gasteiger partial charge in [0.25, 0.3) is 0 Å². The molecule has 0 aliphatic carbocycles. The van der Waals surface area contributed by atoms with Gasteiger partial charge < -0.3 is 9.47 Å². The van der Waals surface area contributed by atoms with Crippen molar-refractivity contribution in [2.24, 2.45) is 5.92 Å². The van der Waals surface area contributed by atoms with E-state index in [0.29, 0.717) is 23.0 Å². The first-order valence-electron chi connectivity index (χ1n) is 7.37. The molecule has 0 radical (unpaired) electrons. The van der Waals surface area contributed by atoms with E-state index in [4.69, 9.17) is 4.74 Å². The number of rotatable bonds is 6. The second-order valence-electron chi connectivity index (χ2n) is 5.62. The smallest absolute Gasteiger partial charge is 0.489 e. The minimum absolute atomic E-state index is 0.00774. The van der Waals surface area contributed by atoms with Crippen LogP contribution in [0.4, 0.5) is 13.2 Å². The first kappa shape index (κ1) is 17.8. The van der Waals surface area contributed by atoms with Crippen LogP contribution < -0.4 is 9.47 Å². The summed E-state index contributed by atoms with van der Waals surface area (Å²) in [4.78, 5) is 11.1. The van der Waals surface area contributed by atoms with E-state index in [1.165, 1.54) is 12.1 Å². The predicted octanol–water partition coefficient (Wildman–Crippen LogP) is 5.10. The molecule has 2 aromatic carbocycles. The van der Waals surface area contributed by atoms with Crippen LogP contribution in [0.25, 0.3) is 11.1 Å². The van der Waals surface area contributed by atoms with Crippen LogP contribution in [0, 0.1) is 5.92 Å². The number of halogens is 3. The lowest BCUT2D eigenvalue weighted by atomic mass is 10.00. The Hall–Kier alpha value is -2.50. The molecule has 0 amide bonds. The Morgan fingerprint density at radius 3 is 2.42 bits per heavy atom. The van der Waals surface area contributed by atoms with Crippen molar-refractivity contribution in [2.45, 2.75) is 20.2 Å². The molecule has 0 bridgehead atoms. The first-order chi connectivity index (χ1) is 11.3.